The van der Waals surface area contributed by atoms with Gasteiger partial charge in [0.15, 0.2) is 12.4 Å². The maximum absolute atomic E-state index is 10.3. The van der Waals surface area contributed by atoms with Crippen molar-refractivity contribution in [2.75, 3.05) is 13.2 Å². The number of carbonyl (C=O) groups is 1. The van der Waals surface area contributed by atoms with E-state index >= 15 is 0 Å². The summed E-state index contributed by atoms with van der Waals surface area (Å²) in [6, 6.07) is 0. The Labute approximate surface area is 46.6 Å². The van der Waals surface area contributed by atoms with Crippen LogP contribution in [0.1, 0.15) is 0 Å². The van der Waals surface area contributed by atoms with Crippen LogP contribution in [0.15, 0.2) is 11.8 Å². The van der Waals surface area contributed by atoms with E-state index in [9.17, 15) is 4.79 Å². The molecule has 1 heterocycles. The minimum absolute atomic E-state index is 0.0750. The second-order valence-electron chi connectivity index (χ2n) is 1.52. The third kappa shape index (κ3) is 0.869. The molecule has 1 aliphatic heterocycles. The average molecular weight is 114 g/mol. The largest absolute Gasteiger partial charge is 0.487 e. The SMILES string of the molecule is O=C1C=C(CO)OC1. The van der Waals surface area contributed by atoms with Gasteiger partial charge in [-0.3, -0.25) is 4.79 Å². The van der Waals surface area contributed by atoms with Gasteiger partial charge in [-0.25, -0.2) is 0 Å². The monoisotopic (exact) mass is 114 g/mol. The summed E-state index contributed by atoms with van der Waals surface area (Å²) in [7, 11) is 0. The molecule has 0 atom stereocenters. The Morgan fingerprint density at radius 1 is 1.88 bits per heavy atom. The van der Waals surface area contributed by atoms with Crippen LogP contribution in [0.3, 0.4) is 0 Å². The molecule has 0 bridgehead atoms. The summed E-state index contributed by atoms with van der Waals surface area (Å²) in [5.74, 6) is 0.295. The van der Waals surface area contributed by atoms with Crippen LogP contribution >= 0.6 is 0 Å². The lowest BCUT2D eigenvalue weighted by atomic mass is 10.4. The summed E-state index contributed by atoms with van der Waals surface area (Å²) in [5, 5.41) is 8.34. The molecule has 1 aliphatic rings. The van der Waals surface area contributed by atoms with Crippen LogP contribution in [-0.2, 0) is 9.53 Å². The lowest BCUT2D eigenvalue weighted by Gasteiger charge is -1.93. The maximum Gasteiger partial charge on any atom is 0.196 e. The van der Waals surface area contributed by atoms with E-state index in [1.165, 1.54) is 6.08 Å². The predicted octanol–water partition coefficient (Wildman–Crippen LogP) is -0.538. The van der Waals surface area contributed by atoms with Crippen molar-refractivity contribution in [3.63, 3.8) is 0 Å². The van der Waals surface area contributed by atoms with Gasteiger partial charge in [-0.05, 0) is 0 Å². The first-order valence-electron chi connectivity index (χ1n) is 2.30. The molecular formula is C5H6O3. The number of carbonyl (C=O) groups excluding carboxylic acids is 1. The van der Waals surface area contributed by atoms with Gasteiger partial charge in [0.2, 0.25) is 0 Å². The smallest absolute Gasteiger partial charge is 0.196 e. The van der Waals surface area contributed by atoms with Gasteiger partial charge in [-0.2, -0.15) is 0 Å². The topological polar surface area (TPSA) is 46.5 Å². The van der Waals surface area contributed by atoms with Crippen LogP contribution in [-0.4, -0.2) is 24.1 Å². The van der Waals surface area contributed by atoms with Gasteiger partial charge in [0, 0.05) is 6.08 Å². The summed E-state index contributed by atoms with van der Waals surface area (Å²) < 4.78 is 4.68. The maximum atomic E-state index is 10.3. The van der Waals surface area contributed by atoms with E-state index in [0.29, 0.717) is 5.76 Å². The standard InChI is InChI=1S/C5H6O3/c6-2-5-1-4(7)3-8-5/h1,6H,2-3H2. The van der Waals surface area contributed by atoms with E-state index in [1.807, 2.05) is 0 Å². The normalized spacial score (nSPS) is 18.1. The number of hydrogen-bond acceptors (Lipinski definition) is 3. The minimum Gasteiger partial charge on any atom is -0.487 e. The van der Waals surface area contributed by atoms with Gasteiger partial charge in [0.05, 0.1) is 0 Å². The molecule has 0 saturated heterocycles. The number of aliphatic hydroxyl groups excluding tert-OH is 1. The zero-order valence-electron chi connectivity index (χ0n) is 4.26. The molecule has 0 aromatic rings. The van der Waals surface area contributed by atoms with Crippen molar-refractivity contribution in [1.29, 1.82) is 0 Å². The zero-order chi connectivity index (χ0) is 5.98. The second kappa shape index (κ2) is 1.96. The summed E-state index contributed by atoms with van der Waals surface area (Å²) in [5.41, 5.74) is 0. The molecule has 0 aromatic carbocycles. The molecule has 0 fully saturated rings. The van der Waals surface area contributed by atoms with Crippen LogP contribution in [0.25, 0.3) is 0 Å². The number of rotatable bonds is 1. The Bertz CT molecular complexity index is 137. The number of hydrogen-bond donors (Lipinski definition) is 1. The first-order valence-corrected chi connectivity index (χ1v) is 2.30. The van der Waals surface area contributed by atoms with Crippen molar-refractivity contribution in [1.82, 2.24) is 0 Å². The highest BCUT2D eigenvalue weighted by Gasteiger charge is 2.10. The van der Waals surface area contributed by atoms with Crippen molar-refractivity contribution in [3.8, 4) is 0 Å². The van der Waals surface area contributed by atoms with Gasteiger partial charge in [0.1, 0.15) is 12.4 Å². The van der Waals surface area contributed by atoms with Crippen molar-refractivity contribution >= 4 is 5.78 Å². The van der Waals surface area contributed by atoms with Crippen molar-refractivity contribution in [2.45, 2.75) is 0 Å². The molecule has 1 N–H and O–H groups in total. The first-order chi connectivity index (χ1) is 3.83. The van der Waals surface area contributed by atoms with Crippen LogP contribution in [0.5, 0.6) is 0 Å². The Balaban J connectivity index is 2.57. The van der Waals surface area contributed by atoms with Gasteiger partial charge in [-0.1, -0.05) is 0 Å². The van der Waals surface area contributed by atoms with Crippen LogP contribution in [0.2, 0.25) is 0 Å². The lowest BCUT2D eigenvalue weighted by Crippen LogP contribution is -1.94. The van der Waals surface area contributed by atoms with Crippen LogP contribution in [0.4, 0.5) is 0 Å². The Hall–Kier alpha value is -0.830. The number of ketones is 1. The van der Waals surface area contributed by atoms with Crippen LogP contribution in [0, 0.1) is 0 Å². The lowest BCUT2D eigenvalue weighted by molar-refractivity contribution is -0.115. The Morgan fingerprint density at radius 2 is 2.62 bits per heavy atom. The molecule has 1 rings (SSSR count). The quantitative estimate of drug-likeness (QED) is 0.498. The third-order valence-electron chi connectivity index (χ3n) is 0.878. The second-order valence-corrected chi connectivity index (χ2v) is 1.52. The Morgan fingerprint density at radius 3 is 2.88 bits per heavy atom. The summed E-state index contributed by atoms with van der Waals surface area (Å²) in [6.07, 6.45) is 1.31. The zero-order valence-corrected chi connectivity index (χ0v) is 4.26. The fraction of sp³-hybridized carbons (Fsp3) is 0.400. The molecule has 0 spiro atoms. The van der Waals surface area contributed by atoms with Crippen molar-refractivity contribution in [2.24, 2.45) is 0 Å². The van der Waals surface area contributed by atoms with E-state index in [1.54, 1.807) is 0 Å². The molecule has 44 valence electrons. The molecule has 3 nitrogen and oxygen atoms in total. The molecule has 0 saturated carbocycles. The molecule has 0 amide bonds. The van der Waals surface area contributed by atoms with Crippen molar-refractivity contribution < 1.29 is 14.6 Å². The summed E-state index contributed by atoms with van der Waals surface area (Å²) >= 11 is 0. The fourth-order valence-electron chi connectivity index (χ4n) is 0.518. The predicted molar refractivity (Wildman–Crippen MR) is 26.1 cm³/mol. The van der Waals surface area contributed by atoms with E-state index in [-0.39, 0.29) is 19.0 Å². The van der Waals surface area contributed by atoms with Crippen LogP contribution < -0.4 is 0 Å². The molecular weight excluding hydrogens is 108 g/mol. The number of aliphatic hydroxyl groups is 1. The highest BCUT2D eigenvalue weighted by molar-refractivity contribution is 5.93. The average Bonchev–Trinajstić information content (AvgIpc) is 2.14. The van der Waals surface area contributed by atoms with E-state index in [4.69, 9.17) is 5.11 Å². The van der Waals surface area contributed by atoms with E-state index in [0.717, 1.165) is 0 Å². The van der Waals surface area contributed by atoms with Gasteiger partial charge >= 0.3 is 0 Å². The highest BCUT2D eigenvalue weighted by atomic mass is 16.5. The van der Waals surface area contributed by atoms with Gasteiger partial charge < -0.3 is 9.84 Å². The Kier molecular flexibility index (Phi) is 1.30. The highest BCUT2D eigenvalue weighted by Crippen LogP contribution is 2.03. The van der Waals surface area contributed by atoms with Gasteiger partial charge in [-0.15, -0.1) is 0 Å². The fourth-order valence-corrected chi connectivity index (χ4v) is 0.518. The molecule has 0 unspecified atom stereocenters. The third-order valence-corrected chi connectivity index (χ3v) is 0.878. The molecule has 0 aromatic heterocycles. The first kappa shape index (κ1) is 5.31. The van der Waals surface area contributed by atoms with E-state index < -0.39 is 0 Å². The van der Waals surface area contributed by atoms with Crippen molar-refractivity contribution in [3.05, 3.63) is 11.8 Å². The summed E-state index contributed by atoms with van der Waals surface area (Å²) in [6.45, 7) is -0.0817. The molecule has 0 aliphatic carbocycles. The summed E-state index contributed by atoms with van der Waals surface area (Å²) in [4.78, 5) is 10.3. The van der Waals surface area contributed by atoms with Gasteiger partial charge in [0.25, 0.3) is 0 Å². The molecule has 3 heteroatoms. The molecule has 8 heavy (non-hydrogen) atoms. The molecule has 0 radical (unpaired) electrons. The minimum atomic E-state index is -0.175. The number of ether oxygens (including phenoxy) is 1. The van der Waals surface area contributed by atoms with E-state index in [2.05, 4.69) is 4.74 Å².